The van der Waals surface area contributed by atoms with Crippen LogP contribution in [0.1, 0.15) is 138 Å². The SMILES string of the molecule is CCCCCCCC[C@H]1CC[C@@H](OC=O)[C@@H]1CC=CCCC(OC1CCCCO1)(O[Si](C)(C)C(C)(C)C)C(=O)OC(C)C. The molecule has 1 aliphatic carbocycles. The van der Waals surface area contributed by atoms with Crippen LogP contribution in [0.3, 0.4) is 0 Å². The first-order valence-corrected chi connectivity index (χ1v) is 20.2. The molecule has 2 aliphatic rings. The van der Waals surface area contributed by atoms with E-state index in [0.717, 1.165) is 38.5 Å². The maximum atomic E-state index is 13.8. The second-order valence-electron chi connectivity index (χ2n) is 14.6. The maximum absolute atomic E-state index is 13.8. The molecule has 2 fully saturated rings. The van der Waals surface area contributed by atoms with E-state index >= 15 is 0 Å². The molecule has 250 valence electrons. The van der Waals surface area contributed by atoms with Gasteiger partial charge in [0.1, 0.15) is 6.10 Å². The normalized spacial score (nSPS) is 24.8. The van der Waals surface area contributed by atoms with Crippen molar-refractivity contribution in [3.05, 3.63) is 12.2 Å². The van der Waals surface area contributed by atoms with Crippen molar-refractivity contribution in [1.29, 1.82) is 0 Å². The summed E-state index contributed by atoms with van der Waals surface area (Å²) in [4.78, 5) is 25.0. The second-order valence-corrected chi connectivity index (χ2v) is 19.3. The van der Waals surface area contributed by atoms with Crippen molar-refractivity contribution in [2.75, 3.05) is 6.61 Å². The van der Waals surface area contributed by atoms with Gasteiger partial charge in [-0.1, -0.05) is 84.8 Å². The van der Waals surface area contributed by atoms with Crippen LogP contribution < -0.4 is 0 Å². The van der Waals surface area contributed by atoms with Gasteiger partial charge in [-0.3, -0.25) is 4.79 Å². The highest BCUT2D eigenvalue weighted by atomic mass is 28.4. The van der Waals surface area contributed by atoms with E-state index in [9.17, 15) is 9.59 Å². The molecule has 43 heavy (non-hydrogen) atoms. The van der Waals surface area contributed by atoms with Crippen LogP contribution >= 0.6 is 0 Å². The highest BCUT2D eigenvalue weighted by Gasteiger charge is 2.52. The van der Waals surface area contributed by atoms with Gasteiger partial charge in [0.25, 0.3) is 12.3 Å². The number of hydrogen-bond acceptors (Lipinski definition) is 7. The summed E-state index contributed by atoms with van der Waals surface area (Å²) < 4.78 is 30.6. The molecule has 0 amide bonds. The molecule has 2 rings (SSSR count). The molecule has 8 heteroatoms. The molecule has 2 unspecified atom stereocenters. The molecule has 1 saturated carbocycles. The number of carbonyl (C=O) groups excluding carboxylic acids is 2. The largest absolute Gasteiger partial charge is 0.464 e. The van der Waals surface area contributed by atoms with Crippen molar-refractivity contribution in [3.8, 4) is 0 Å². The van der Waals surface area contributed by atoms with Gasteiger partial charge < -0.3 is 23.4 Å². The molecule has 1 aliphatic heterocycles. The van der Waals surface area contributed by atoms with Crippen molar-refractivity contribution in [2.45, 2.75) is 180 Å². The molecular formula is C35H64O7Si. The standard InChI is InChI=1S/C35H64O7Si/c1-9-10-11-12-13-15-20-29-23-24-31(39-27-36)30(29)21-16-14-18-25-35(33(37)40-28(2)3,41-32-22-17-19-26-38-32)42-43(7,8)34(4,5)6/h14,16,27-32H,9-13,15,17-26H2,1-8H3/t29-,30+,31+,32?,35?/m0/s1. The maximum Gasteiger partial charge on any atom is 0.366 e. The van der Waals surface area contributed by atoms with E-state index in [4.69, 9.17) is 23.4 Å². The van der Waals surface area contributed by atoms with E-state index < -0.39 is 26.4 Å². The lowest BCUT2D eigenvalue weighted by Crippen LogP contribution is -2.57. The molecule has 7 nitrogen and oxygen atoms in total. The number of unbranched alkanes of at least 4 members (excludes halogenated alkanes) is 5. The van der Waals surface area contributed by atoms with E-state index in [-0.39, 0.29) is 17.2 Å². The molecule has 0 spiro atoms. The summed E-state index contributed by atoms with van der Waals surface area (Å²) >= 11 is 0. The predicted octanol–water partition coefficient (Wildman–Crippen LogP) is 9.24. The Bertz CT molecular complexity index is 831. The van der Waals surface area contributed by atoms with Crippen LogP contribution in [0.15, 0.2) is 12.2 Å². The highest BCUT2D eigenvalue weighted by molar-refractivity contribution is 6.74. The quantitative estimate of drug-likeness (QED) is 0.0333. The van der Waals surface area contributed by atoms with Crippen LogP contribution in [0.5, 0.6) is 0 Å². The van der Waals surface area contributed by atoms with Crippen LogP contribution in [-0.2, 0) is 33.0 Å². The van der Waals surface area contributed by atoms with Crippen molar-refractivity contribution < 1.29 is 33.0 Å². The van der Waals surface area contributed by atoms with Gasteiger partial charge in [0.15, 0.2) is 14.6 Å². The first-order valence-electron chi connectivity index (χ1n) is 17.3. The number of carbonyl (C=O) groups is 2. The van der Waals surface area contributed by atoms with Gasteiger partial charge in [-0.05, 0) is 82.8 Å². The number of ether oxygens (including phenoxy) is 4. The molecule has 0 aromatic heterocycles. The highest BCUT2D eigenvalue weighted by Crippen LogP contribution is 2.43. The van der Waals surface area contributed by atoms with Gasteiger partial charge >= 0.3 is 5.97 Å². The summed E-state index contributed by atoms with van der Waals surface area (Å²) in [5.41, 5.74) is 0. The Kier molecular flexibility index (Phi) is 16.5. The van der Waals surface area contributed by atoms with Crippen molar-refractivity contribution >= 4 is 20.8 Å². The Morgan fingerprint density at radius 3 is 2.35 bits per heavy atom. The molecule has 0 bridgehead atoms. The number of hydrogen-bond donors (Lipinski definition) is 0. The van der Waals surface area contributed by atoms with E-state index in [2.05, 4.69) is 52.9 Å². The average Bonchev–Trinajstić information content (AvgIpc) is 3.31. The van der Waals surface area contributed by atoms with E-state index in [1.165, 1.54) is 44.9 Å². The molecule has 1 saturated heterocycles. The Morgan fingerprint density at radius 1 is 1.00 bits per heavy atom. The van der Waals surface area contributed by atoms with Crippen molar-refractivity contribution in [3.63, 3.8) is 0 Å². The van der Waals surface area contributed by atoms with Gasteiger partial charge in [-0.15, -0.1) is 0 Å². The molecule has 0 N–H and O–H groups in total. The van der Waals surface area contributed by atoms with Crippen LogP contribution in [0.2, 0.25) is 18.1 Å². The molecule has 0 aromatic carbocycles. The lowest BCUT2D eigenvalue weighted by atomic mass is 9.87. The number of rotatable bonds is 20. The Balaban J connectivity index is 2.15. The Labute approximate surface area is 264 Å². The van der Waals surface area contributed by atoms with Gasteiger partial charge in [-0.25, -0.2) is 4.79 Å². The van der Waals surface area contributed by atoms with E-state index in [1.54, 1.807) is 0 Å². The monoisotopic (exact) mass is 624 g/mol. The first-order chi connectivity index (χ1) is 20.3. The summed E-state index contributed by atoms with van der Waals surface area (Å²) in [6.45, 7) is 18.0. The predicted molar refractivity (Wildman–Crippen MR) is 175 cm³/mol. The van der Waals surface area contributed by atoms with Gasteiger partial charge in [0, 0.05) is 18.9 Å². The Hall–Kier alpha value is -1.22. The Morgan fingerprint density at radius 2 is 1.72 bits per heavy atom. The molecule has 0 aromatic rings. The van der Waals surface area contributed by atoms with Crippen LogP contribution in [0.4, 0.5) is 0 Å². The number of esters is 1. The molecule has 1 heterocycles. The lowest BCUT2D eigenvalue weighted by Gasteiger charge is -2.45. The zero-order valence-electron chi connectivity index (χ0n) is 28.8. The molecular weight excluding hydrogens is 560 g/mol. The smallest absolute Gasteiger partial charge is 0.366 e. The lowest BCUT2D eigenvalue weighted by molar-refractivity contribution is -0.292. The fraction of sp³-hybridized carbons (Fsp3) is 0.886. The zero-order valence-corrected chi connectivity index (χ0v) is 29.8. The molecule has 5 atom stereocenters. The minimum atomic E-state index is -2.43. The minimum Gasteiger partial charge on any atom is -0.464 e. The van der Waals surface area contributed by atoms with Gasteiger partial charge in [0.2, 0.25) is 0 Å². The summed E-state index contributed by atoms with van der Waals surface area (Å²) in [5, 5.41) is -0.121. The fourth-order valence-electron chi connectivity index (χ4n) is 6.10. The summed E-state index contributed by atoms with van der Waals surface area (Å²) in [6.07, 6.45) is 19.1. The van der Waals surface area contributed by atoms with E-state index in [0.29, 0.717) is 37.8 Å². The van der Waals surface area contributed by atoms with Gasteiger partial charge in [-0.2, -0.15) is 0 Å². The third kappa shape index (κ3) is 12.6. The molecule has 0 radical (unpaired) electrons. The fourth-order valence-corrected chi connectivity index (χ4v) is 7.46. The third-order valence-electron chi connectivity index (χ3n) is 9.62. The minimum absolute atomic E-state index is 0.0129. The summed E-state index contributed by atoms with van der Waals surface area (Å²) in [7, 11) is -2.43. The summed E-state index contributed by atoms with van der Waals surface area (Å²) in [6, 6.07) is 0. The average molecular weight is 625 g/mol. The van der Waals surface area contributed by atoms with Crippen molar-refractivity contribution in [2.24, 2.45) is 11.8 Å². The zero-order chi connectivity index (χ0) is 31.9. The van der Waals surface area contributed by atoms with Crippen LogP contribution in [0.25, 0.3) is 0 Å². The van der Waals surface area contributed by atoms with Crippen molar-refractivity contribution in [1.82, 2.24) is 0 Å². The van der Waals surface area contributed by atoms with Crippen LogP contribution in [-0.4, -0.2) is 51.7 Å². The van der Waals surface area contributed by atoms with E-state index in [1.807, 2.05) is 13.8 Å². The topological polar surface area (TPSA) is 80.3 Å². The number of allylic oxidation sites excluding steroid dienone is 2. The first kappa shape index (κ1) is 38.0. The second kappa shape index (κ2) is 18.7. The van der Waals surface area contributed by atoms with Crippen LogP contribution in [0, 0.1) is 11.8 Å². The third-order valence-corrected chi connectivity index (χ3v) is 14.1. The summed E-state index contributed by atoms with van der Waals surface area (Å²) in [5.74, 6) is -1.09. The van der Waals surface area contributed by atoms with Gasteiger partial charge in [0.05, 0.1) is 6.10 Å².